The molecule has 0 radical (unpaired) electrons. The van der Waals surface area contributed by atoms with E-state index < -0.39 is 0 Å². The van der Waals surface area contributed by atoms with Crippen molar-refractivity contribution in [2.75, 3.05) is 0 Å². The fourth-order valence-corrected chi connectivity index (χ4v) is 1.63. The summed E-state index contributed by atoms with van der Waals surface area (Å²) in [5.74, 6) is 1.82. The minimum atomic E-state index is 0.443. The Morgan fingerprint density at radius 1 is 1.17 bits per heavy atom. The van der Waals surface area contributed by atoms with E-state index in [9.17, 15) is 0 Å². The molecular formula is C15H19NO2. The van der Waals surface area contributed by atoms with Gasteiger partial charge in [-0.2, -0.15) is 0 Å². The Morgan fingerprint density at radius 3 is 2.67 bits per heavy atom. The summed E-state index contributed by atoms with van der Waals surface area (Å²) >= 11 is 0. The maximum atomic E-state index is 5.71. The predicted octanol–water partition coefficient (Wildman–Crippen LogP) is 3.36. The number of benzene rings is 1. The molecule has 1 N–H and O–H groups in total. The molecule has 0 aliphatic heterocycles. The van der Waals surface area contributed by atoms with Crippen LogP contribution in [0.25, 0.3) is 0 Å². The van der Waals surface area contributed by atoms with Gasteiger partial charge in [-0.1, -0.05) is 32.0 Å². The smallest absolute Gasteiger partial charge is 0.124 e. The molecule has 0 atom stereocenters. The van der Waals surface area contributed by atoms with Crippen LogP contribution in [0.15, 0.2) is 47.1 Å². The van der Waals surface area contributed by atoms with Gasteiger partial charge in [0, 0.05) is 11.6 Å². The molecule has 0 amide bonds. The van der Waals surface area contributed by atoms with E-state index in [1.807, 2.05) is 36.4 Å². The van der Waals surface area contributed by atoms with E-state index in [2.05, 4.69) is 19.2 Å². The number of nitrogens with one attached hydrogen (secondary N) is 1. The first-order valence-electron chi connectivity index (χ1n) is 6.22. The first kappa shape index (κ1) is 12.7. The maximum Gasteiger partial charge on any atom is 0.124 e. The molecule has 0 fully saturated rings. The van der Waals surface area contributed by atoms with Crippen LogP contribution < -0.4 is 10.1 Å². The van der Waals surface area contributed by atoms with Crippen LogP contribution in [-0.2, 0) is 13.2 Å². The zero-order valence-corrected chi connectivity index (χ0v) is 10.8. The SMILES string of the molecule is CC(C)NCc1occc1COc1ccccc1. The van der Waals surface area contributed by atoms with Crippen LogP contribution in [0.1, 0.15) is 25.2 Å². The van der Waals surface area contributed by atoms with Crippen LogP contribution in [0.2, 0.25) is 0 Å². The zero-order valence-electron chi connectivity index (χ0n) is 10.8. The van der Waals surface area contributed by atoms with Crippen LogP contribution >= 0.6 is 0 Å². The van der Waals surface area contributed by atoms with Gasteiger partial charge >= 0.3 is 0 Å². The van der Waals surface area contributed by atoms with Crippen LogP contribution in [0.5, 0.6) is 5.75 Å². The molecule has 2 aromatic rings. The van der Waals surface area contributed by atoms with Gasteiger partial charge < -0.3 is 14.5 Å². The molecule has 96 valence electrons. The molecule has 0 spiro atoms. The van der Waals surface area contributed by atoms with Gasteiger partial charge in [0.05, 0.1) is 12.8 Å². The molecule has 3 nitrogen and oxygen atoms in total. The molecule has 18 heavy (non-hydrogen) atoms. The molecule has 0 aliphatic carbocycles. The van der Waals surface area contributed by atoms with E-state index in [0.29, 0.717) is 12.6 Å². The van der Waals surface area contributed by atoms with E-state index in [4.69, 9.17) is 9.15 Å². The monoisotopic (exact) mass is 245 g/mol. The van der Waals surface area contributed by atoms with E-state index in [1.54, 1.807) is 6.26 Å². The van der Waals surface area contributed by atoms with Gasteiger partial charge in [0.2, 0.25) is 0 Å². The highest BCUT2D eigenvalue weighted by molar-refractivity contribution is 5.23. The number of hydrogen-bond acceptors (Lipinski definition) is 3. The molecule has 0 saturated carbocycles. The topological polar surface area (TPSA) is 34.4 Å². The summed E-state index contributed by atoms with van der Waals surface area (Å²) in [5.41, 5.74) is 1.09. The molecule has 0 aliphatic rings. The van der Waals surface area contributed by atoms with Gasteiger partial charge in [-0.15, -0.1) is 0 Å². The molecule has 1 heterocycles. The predicted molar refractivity (Wildman–Crippen MR) is 71.5 cm³/mol. The van der Waals surface area contributed by atoms with Gasteiger partial charge in [0.15, 0.2) is 0 Å². The number of hydrogen-bond donors (Lipinski definition) is 1. The molecule has 0 bridgehead atoms. The lowest BCUT2D eigenvalue weighted by Gasteiger charge is -2.09. The molecule has 3 heteroatoms. The molecule has 1 aromatic carbocycles. The van der Waals surface area contributed by atoms with Gasteiger partial charge in [-0.25, -0.2) is 0 Å². The standard InChI is InChI=1S/C15H19NO2/c1-12(2)16-10-15-13(8-9-17-15)11-18-14-6-4-3-5-7-14/h3-9,12,16H,10-11H2,1-2H3. The second-order valence-corrected chi connectivity index (χ2v) is 4.51. The highest BCUT2D eigenvalue weighted by Gasteiger charge is 2.07. The minimum Gasteiger partial charge on any atom is -0.489 e. The number of furan rings is 1. The molecular weight excluding hydrogens is 226 g/mol. The van der Waals surface area contributed by atoms with Crippen molar-refractivity contribution >= 4 is 0 Å². The summed E-state index contributed by atoms with van der Waals surface area (Å²) in [6.07, 6.45) is 1.71. The molecule has 0 saturated heterocycles. The van der Waals surface area contributed by atoms with Crippen molar-refractivity contribution in [3.05, 3.63) is 54.0 Å². The lowest BCUT2D eigenvalue weighted by molar-refractivity contribution is 0.301. The summed E-state index contributed by atoms with van der Waals surface area (Å²) in [5, 5.41) is 3.34. The Morgan fingerprint density at radius 2 is 1.94 bits per heavy atom. The van der Waals surface area contributed by atoms with E-state index in [0.717, 1.165) is 23.6 Å². The van der Waals surface area contributed by atoms with Crippen LogP contribution in [0.4, 0.5) is 0 Å². The Labute approximate surface area is 108 Å². The van der Waals surface area contributed by atoms with Crippen LogP contribution in [0.3, 0.4) is 0 Å². The third-order valence-electron chi connectivity index (χ3n) is 2.65. The minimum absolute atomic E-state index is 0.443. The second-order valence-electron chi connectivity index (χ2n) is 4.51. The Kier molecular flexibility index (Phi) is 4.42. The van der Waals surface area contributed by atoms with Gasteiger partial charge in [-0.3, -0.25) is 0 Å². The zero-order chi connectivity index (χ0) is 12.8. The molecule has 0 unspecified atom stereocenters. The first-order chi connectivity index (χ1) is 8.75. The fraction of sp³-hybridized carbons (Fsp3) is 0.333. The Hall–Kier alpha value is -1.74. The van der Waals surface area contributed by atoms with Crippen molar-refractivity contribution < 1.29 is 9.15 Å². The normalized spacial score (nSPS) is 10.8. The average molecular weight is 245 g/mol. The van der Waals surface area contributed by atoms with Crippen molar-refractivity contribution in [1.29, 1.82) is 0 Å². The highest BCUT2D eigenvalue weighted by atomic mass is 16.5. The van der Waals surface area contributed by atoms with Crippen molar-refractivity contribution in [1.82, 2.24) is 5.32 Å². The Balaban J connectivity index is 1.91. The summed E-state index contributed by atoms with van der Waals surface area (Å²) in [6.45, 7) is 5.50. The Bertz CT molecular complexity index is 462. The van der Waals surface area contributed by atoms with Crippen LogP contribution in [-0.4, -0.2) is 6.04 Å². The van der Waals surface area contributed by atoms with Crippen molar-refractivity contribution in [2.24, 2.45) is 0 Å². The maximum absolute atomic E-state index is 5.71. The quantitative estimate of drug-likeness (QED) is 0.847. The summed E-state index contributed by atoms with van der Waals surface area (Å²) in [6, 6.07) is 12.2. The summed E-state index contributed by atoms with van der Waals surface area (Å²) < 4.78 is 11.2. The van der Waals surface area contributed by atoms with E-state index in [1.165, 1.54) is 0 Å². The summed E-state index contributed by atoms with van der Waals surface area (Å²) in [7, 11) is 0. The van der Waals surface area contributed by atoms with Gasteiger partial charge in [0.1, 0.15) is 18.1 Å². The molecule has 1 aromatic heterocycles. The van der Waals surface area contributed by atoms with Crippen molar-refractivity contribution in [3.8, 4) is 5.75 Å². The largest absolute Gasteiger partial charge is 0.489 e. The van der Waals surface area contributed by atoms with Crippen molar-refractivity contribution in [3.63, 3.8) is 0 Å². The third kappa shape index (κ3) is 3.64. The fourth-order valence-electron chi connectivity index (χ4n) is 1.63. The first-order valence-corrected chi connectivity index (χ1v) is 6.22. The number of rotatable bonds is 6. The third-order valence-corrected chi connectivity index (χ3v) is 2.65. The van der Waals surface area contributed by atoms with Crippen LogP contribution in [0, 0.1) is 0 Å². The van der Waals surface area contributed by atoms with Gasteiger partial charge in [0.25, 0.3) is 0 Å². The average Bonchev–Trinajstić information content (AvgIpc) is 2.82. The highest BCUT2D eigenvalue weighted by Crippen LogP contribution is 2.15. The lowest BCUT2D eigenvalue weighted by Crippen LogP contribution is -2.22. The number of ether oxygens (including phenoxy) is 1. The van der Waals surface area contributed by atoms with Gasteiger partial charge in [-0.05, 0) is 18.2 Å². The lowest BCUT2D eigenvalue weighted by atomic mass is 10.2. The van der Waals surface area contributed by atoms with E-state index >= 15 is 0 Å². The van der Waals surface area contributed by atoms with E-state index in [-0.39, 0.29) is 0 Å². The van der Waals surface area contributed by atoms with Crippen molar-refractivity contribution in [2.45, 2.75) is 33.0 Å². The second kappa shape index (κ2) is 6.26. The summed E-state index contributed by atoms with van der Waals surface area (Å²) in [4.78, 5) is 0. The molecule has 2 rings (SSSR count). The number of para-hydroxylation sites is 1.